The maximum atomic E-state index is 8.60. The van der Waals surface area contributed by atoms with E-state index in [4.69, 9.17) is 16.9 Å². The van der Waals surface area contributed by atoms with Gasteiger partial charge >= 0.3 is 0 Å². The van der Waals surface area contributed by atoms with E-state index in [-0.39, 0.29) is 6.04 Å². The van der Waals surface area contributed by atoms with Gasteiger partial charge in [-0.15, -0.1) is 0 Å². The molecule has 0 aliphatic rings. The summed E-state index contributed by atoms with van der Waals surface area (Å²) in [5, 5.41) is 11.9. The number of nitrogens with two attached hydrogens (primary N) is 2. The Morgan fingerprint density at radius 2 is 2.04 bits per heavy atom. The summed E-state index contributed by atoms with van der Waals surface area (Å²) < 4.78 is 0. The first-order valence-electron chi connectivity index (χ1n) is 7.92. The Hall–Kier alpha value is -2.82. The van der Waals surface area contributed by atoms with E-state index < -0.39 is 0 Å². The minimum atomic E-state index is 0.234. The van der Waals surface area contributed by atoms with Crippen LogP contribution >= 0.6 is 0 Å². The Morgan fingerprint density at radius 1 is 1.33 bits per heavy atom. The largest absolute Gasteiger partial charge is 0.402 e. The van der Waals surface area contributed by atoms with E-state index in [2.05, 4.69) is 16.9 Å². The van der Waals surface area contributed by atoms with Crippen molar-refractivity contribution in [3.63, 3.8) is 0 Å². The molecule has 2 rings (SSSR count). The highest BCUT2D eigenvalue weighted by atomic mass is 14.9. The molecule has 0 amide bonds. The molecule has 0 fully saturated rings. The lowest BCUT2D eigenvalue weighted by atomic mass is 9.96. The topological polar surface area (TPSA) is 101 Å². The first kappa shape index (κ1) is 17.5. The number of rotatable bonds is 6. The fourth-order valence-electron chi connectivity index (χ4n) is 2.61. The van der Waals surface area contributed by atoms with E-state index in [1.54, 1.807) is 6.20 Å². The van der Waals surface area contributed by atoms with Gasteiger partial charge in [0.1, 0.15) is 5.82 Å². The van der Waals surface area contributed by atoms with Crippen LogP contribution in [0.5, 0.6) is 0 Å². The molecule has 0 radical (unpaired) electrons. The van der Waals surface area contributed by atoms with Gasteiger partial charge in [0.15, 0.2) is 0 Å². The number of hydrogen-bond donors (Lipinski definition) is 4. The SMILES string of the molecule is C=C(N)Cc1ccc(C(=N)c2c(NC(C)C)ccnc2N)cc1C. The minimum Gasteiger partial charge on any atom is -0.402 e. The number of nitrogens with one attached hydrogen (secondary N) is 2. The van der Waals surface area contributed by atoms with Crippen LogP contribution in [0.2, 0.25) is 0 Å². The van der Waals surface area contributed by atoms with Gasteiger partial charge in [-0.3, -0.25) is 5.41 Å². The number of benzene rings is 1. The van der Waals surface area contributed by atoms with Crippen molar-refractivity contribution < 1.29 is 0 Å². The third-order valence-corrected chi connectivity index (χ3v) is 3.72. The Kier molecular flexibility index (Phi) is 5.24. The van der Waals surface area contributed by atoms with Gasteiger partial charge in [0, 0.05) is 35.6 Å². The van der Waals surface area contributed by atoms with Gasteiger partial charge in [-0.25, -0.2) is 4.98 Å². The van der Waals surface area contributed by atoms with Crippen LogP contribution in [-0.2, 0) is 6.42 Å². The Labute approximate surface area is 143 Å². The van der Waals surface area contributed by atoms with Gasteiger partial charge in [0.25, 0.3) is 0 Å². The Balaban J connectivity index is 2.42. The summed E-state index contributed by atoms with van der Waals surface area (Å²) in [5.74, 6) is 0.350. The summed E-state index contributed by atoms with van der Waals surface area (Å²) in [6, 6.07) is 7.96. The van der Waals surface area contributed by atoms with Gasteiger partial charge in [-0.2, -0.15) is 0 Å². The van der Waals surface area contributed by atoms with Crippen molar-refractivity contribution in [2.75, 3.05) is 11.1 Å². The van der Waals surface area contributed by atoms with E-state index in [1.165, 1.54) is 0 Å². The number of nitrogen functional groups attached to an aromatic ring is 1. The summed E-state index contributed by atoms with van der Waals surface area (Å²) in [6.45, 7) is 9.85. The molecule has 0 aliphatic carbocycles. The van der Waals surface area contributed by atoms with E-state index in [0.29, 0.717) is 29.2 Å². The fourth-order valence-corrected chi connectivity index (χ4v) is 2.61. The summed E-state index contributed by atoms with van der Waals surface area (Å²) in [6.07, 6.45) is 2.28. The highest BCUT2D eigenvalue weighted by Gasteiger charge is 2.16. The van der Waals surface area contributed by atoms with Crippen molar-refractivity contribution >= 4 is 17.2 Å². The van der Waals surface area contributed by atoms with Crippen LogP contribution < -0.4 is 16.8 Å². The molecule has 5 heteroatoms. The number of hydrogen-bond acceptors (Lipinski definition) is 5. The molecular formula is C19H25N5. The van der Waals surface area contributed by atoms with Gasteiger partial charge in [0.05, 0.1) is 11.3 Å². The smallest absolute Gasteiger partial charge is 0.134 e. The summed E-state index contributed by atoms with van der Waals surface area (Å²) >= 11 is 0. The molecule has 1 aromatic heterocycles. The molecule has 2 aromatic rings. The molecule has 24 heavy (non-hydrogen) atoms. The average molecular weight is 323 g/mol. The number of nitrogens with zero attached hydrogens (tertiary/aromatic N) is 1. The fraction of sp³-hybridized carbons (Fsp3) is 0.263. The van der Waals surface area contributed by atoms with Crippen molar-refractivity contribution in [1.29, 1.82) is 5.41 Å². The molecule has 0 atom stereocenters. The van der Waals surface area contributed by atoms with Crippen LogP contribution in [0.25, 0.3) is 0 Å². The predicted octanol–water partition coefficient (Wildman–Crippen LogP) is 3.22. The van der Waals surface area contributed by atoms with Crippen molar-refractivity contribution in [3.05, 3.63) is 65.0 Å². The van der Waals surface area contributed by atoms with Crippen LogP contribution in [0, 0.1) is 12.3 Å². The van der Waals surface area contributed by atoms with Crippen LogP contribution in [0.3, 0.4) is 0 Å². The molecule has 1 heterocycles. The zero-order chi connectivity index (χ0) is 17.9. The first-order valence-corrected chi connectivity index (χ1v) is 7.92. The second-order valence-corrected chi connectivity index (χ2v) is 6.27. The summed E-state index contributed by atoms with van der Waals surface area (Å²) in [4.78, 5) is 4.14. The van der Waals surface area contributed by atoms with Crippen LogP contribution in [-0.4, -0.2) is 16.7 Å². The average Bonchev–Trinajstić information content (AvgIpc) is 2.48. The number of aromatic nitrogens is 1. The van der Waals surface area contributed by atoms with Gasteiger partial charge in [0.2, 0.25) is 0 Å². The molecule has 0 saturated carbocycles. The zero-order valence-electron chi connectivity index (χ0n) is 14.5. The maximum absolute atomic E-state index is 8.60. The molecular weight excluding hydrogens is 298 g/mol. The van der Waals surface area contributed by atoms with Gasteiger partial charge < -0.3 is 16.8 Å². The van der Waals surface area contributed by atoms with Crippen molar-refractivity contribution in [1.82, 2.24) is 4.98 Å². The standard InChI is InChI=1S/C19H25N5/c1-11(2)24-16-7-8-23-19(22)17(16)18(21)15-6-5-14(10-13(4)20)12(3)9-15/h5-9,11,21H,4,10,20H2,1-3H3,(H3,22,23,24). The number of pyridine rings is 1. The lowest BCUT2D eigenvalue weighted by Crippen LogP contribution is -2.16. The van der Waals surface area contributed by atoms with Crippen LogP contribution in [0.1, 0.15) is 36.1 Å². The molecule has 0 saturated heterocycles. The number of anilines is 2. The highest BCUT2D eigenvalue weighted by molar-refractivity contribution is 6.16. The molecule has 126 valence electrons. The molecule has 0 aliphatic heterocycles. The van der Waals surface area contributed by atoms with Crippen molar-refractivity contribution in [2.24, 2.45) is 5.73 Å². The van der Waals surface area contributed by atoms with E-state index in [9.17, 15) is 0 Å². The first-order chi connectivity index (χ1) is 11.3. The second kappa shape index (κ2) is 7.17. The quantitative estimate of drug-likeness (QED) is 0.613. The van der Waals surface area contributed by atoms with Gasteiger partial charge in [-0.1, -0.05) is 18.7 Å². The van der Waals surface area contributed by atoms with Crippen LogP contribution in [0.15, 0.2) is 42.7 Å². The monoisotopic (exact) mass is 323 g/mol. The molecule has 0 spiro atoms. The normalized spacial score (nSPS) is 10.7. The Bertz CT molecular complexity index is 777. The molecule has 6 N–H and O–H groups in total. The molecule has 0 bridgehead atoms. The Morgan fingerprint density at radius 3 is 2.62 bits per heavy atom. The van der Waals surface area contributed by atoms with Crippen molar-refractivity contribution in [3.8, 4) is 0 Å². The number of aryl methyl sites for hydroxylation is 1. The van der Waals surface area contributed by atoms with Crippen molar-refractivity contribution in [2.45, 2.75) is 33.2 Å². The summed E-state index contributed by atoms with van der Waals surface area (Å²) in [7, 11) is 0. The van der Waals surface area contributed by atoms with E-state index in [0.717, 1.165) is 22.4 Å². The molecule has 0 unspecified atom stereocenters. The third kappa shape index (κ3) is 3.93. The lowest BCUT2D eigenvalue weighted by molar-refractivity contribution is 0.898. The third-order valence-electron chi connectivity index (χ3n) is 3.72. The predicted molar refractivity (Wildman–Crippen MR) is 102 cm³/mol. The maximum Gasteiger partial charge on any atom is 0.134 e. The molecule has 1 aromatic carbocycles. The lowest BCUT2D eigenvalue weighted by Gasteiger charge is -2.17. The van der Waals surface area contributed by atoms with E-state index >= 15 is 0 Å². The number of allylic oxidation sites excluding steroid dienone is 1. The minimum absolute atomic E-state index is 0.234. The second-order valence-electron chi connectivity index (χ2n) is 6.27. The van der Waals surface area contributed by atoms with Crippen LogP contribution in [0.4, 0.5) is 11.5 Å². The summed E-state index contributed by atoms with van der Waals surface area (Å²) in [5.41, 5.74) is 17.2. The highest BCUT2D eigenvalue weighted by Crippen LogP contribution is 2.25. The zero-order valence-corrected chi connectivity index (χ0v) is 14.5. The molecule has 5 nitrogen and oxygen atoms in total. The van der Waals surface area contributed by atoms with Gasteiger partial charge in [-0.05, 0) is 44.0 Å². The van der Waals surface area contributed by atoms with E-state index in [1.807, 2.05) is 45.0 Å².